The molecule has 0 aromatic carbocycles. The first kappa shape index (κ1) is 16.0. The fourth-order valence-corrected chi connectivity index (χ4v) is 3.43. The van der Waals surface area contributed by atoms with Gasteiger partial charge >= 0.3 is 0 Å². The van der Waals surface area contributed by atoms with E-state index in [1.54, 1.807) is 6.07 Å². The fourth-order valence-electron chi connectivity index (χ4n) is 3.43. The van der Waals surface area contributed by atoms with Crippen LogP contribution < -0.4 is 11.1 Å². The lowest BCUT2D eigenvalue weighted by Crippen LogP contribution is -2.51. The molecule has 1 aliphatic rings. The van der Waals surface area contributed by atoms with E-state index in [9.17, 15) is 4.79 Å². The summed E-state index contributed by atoms with van der Waals surface area (Å²) in [5.41, 5.74) is 7.42. The zero-order chi connectivity index (χ0) is 15.3. The highest BCUT2D eigenvalue weighted by molar-refractivity contribution is 5.92. The Bertz CT molecular complexity index is 489. The minimum Gasteiger partial charge on any atom is -0.345 e. The van der Waals surface area contributed by atoms with Crippen molar-refractivity contribution < 1.29 is 4.79 Å². The number of hydrogen-bond donors (Lipinski definition) is 2. The Kier molecular flexibility index (Phi) is 5.34. The lowest BCUT2D eigenvalue weighted by Gasteiger charge is -2.35. The van der Waals surface area contributed by atoms with Crippen LogP contribution in [0.5, 0.6) is 0 Å². The van der Waals surface area contributed by atoms with Crippen LogP contribution in [0.1, 0.15) is 68.1 Å². The zero-order valence-corrected chi connectivity index (χ0v) is 13.2. The lowest BCUT2D eigenvalue weighted by molar-refractivity contribution is 0.0871. The van der Waals surface area contributed by atoms with Gasteiger partial charge in [0.25, 0.3) is 5.91 Å². The van der Waals surface area contributed by atoms with Crippen LogP contribution in [0.3, 0.4) is 0 Å². The summed E-state index contributed by atoms with van der Waals surface area (Å²) < 4.78 is 0. The number of nitrogens with one attached hydrogen (secondary N) is 1. The number of nitrogens with two attached hydrogens (primary N) is 1. The molecule has 1 amide bonds. The third-order valence-electron chi connectivity index (χ3n) is 4.36. The Balaban J connectivity index is 2.16. The van der Waals surface area contributed by atoms with Crippen LogP contribution in [-0.4, -0.2) is 22.5 Å². The van der Waals surface area contributed by atoms with Gasteiger partial charge in [-0.15, -0.1) is 0 Å². The van der Waals surface area contributed by atoms with Gasteiger partial charge in [-0.2, -0.15) is 0 Å². The monoisotopic (exact) mass is 289 g/mol. The summed E-state index contributed by atoms with van der Waals surface area (Å²) in [5, 5.41) is 3.27. The third kappa shape index (κ3) is 4.27. The number of amides is 1. The highest BCUT2D eigenvalue weighted by Gasteiger charge is 2.34. The lowest BCUT2D eigenvalue weighted by atomic mass is 9.84. The van der Waals surface area contributed by atoms with E-state index in [4.69, 9.17) is 5.73 Å². The second-order valence-corrected chi connectivity index (χ2v) is 6.36. The van der Waals surface area contributed by atoms with E-state index >= 15 is 0 Å². The second-order valence-electron chi connectivity index (χ2n) is 6.36. The van der Waals surface area contributed by atoms with Gasteiger partial charge in [0.2, 0.25) is 0 Å². The maximum absolute atomic E-state index is 12.5. The van der Waals surface area contributed by atoms with Gasteiger partial charge in [-0.1, -0.05) is 32.3 Å². The van der Waals surface area contributed by atoms with E-state index in [0.717, 1.165) is 50.6 Å². The molecule has 0 spiro atoms. The molecule has 1 fully saturated rings. The summed E-state index contributed by atoms with van der Waals surface area (Å²) in [5.74, 6) is -0.0683. The molecule has 2 rings (SSSR count). The van der Waals surface area contributed by atoms with E-state index in [1.165, 1.54) is 0 Å². The first-order valence-corrected chi connectivity index (χ1v) is 8.06. The molecule has 2 atom stereocenters. The van der Waals surface area contributed by atoms with Crippen LogP contribution in [0.4, 0.5) is 0 Å². The molecule has 4 heteroatoms. The van der Waals surface area contributed by atoms with Crippen molar-refractivity contribution in [2.45, 2.75) is 70.4 Å². The predicted molar refractivity (Wildman–Crippen MR) is 85.1 cm³/mol. The maximum atomic E-state index is 12.5. The normalized spacial score (nSPS) is 26.1. The van der Waals surface area contributed by atoms with Crippen LogP contribution >= 0.6 is 0 Å². The molecule has 0 saturated heterocycles. The van der Waals surface area contributed by atoms with Crippen molar-refractivity contribution in [3.05, 3.63) is 29.6 Å². The number of hydrogen-bond acceptors (Lipinski definition) is 3. The molecule has 0 aliphatic heterocycles. The van der Waals surface area contributed by atoms with Gasteiger partial charge in [-0.25, -0.2) is 4.98 Å². The summed E-state index contributed by atoms with van der Waals surface area (Å²) in [6.07, 6.45) is 7.28. The molecular formula is C17H27N3O. The van der Waals surface area contributed by atoms with E-state index < -0.39 is 0 Å². The summed E-state index contributed by atoms with van der Waals surface area (Å²) in [7, 11) is 0. The van der Waals surface area contributed by atoms with Crippen LogP contribution in [0, 0.1) is 6.92 Å². The molecule has 21 heavy (non-hydrogen) atoms. The molecule has 1 aromatic heterocycles. The maximum Gasteiger partial charge on any atom is 0.270 e. The van der Waals surface area contributed by atoms with Crippen molar-refractivity contribution in [2.24, 2.45) is 5.73 Å². The van der Waals surface area contributed by atoms with Crippen molar-refractivity contribution in [1.29, 1.82) is 0 Å². The topological polar surface area (TPSA) is 68.0 Å². The SMILES string of the molecule is CCCC1(NC(=O)c2cccc(C)n2)CCCCC(N)C1. The quantitative estimate of drug-likeness (QED) is 0.837. The number of aromatic nitrogens is 1. The van der Waals surface area contributed by atoms with Crippen molar-refractivity contribution >= 4 is 5.91 Å². The Morgan fingerprint density at radius 2 is 2.29 bits per heavy atom. The number of rotatable bonds is 4. The van der Waals surface area contributed by atoms with Crippen molar-refractivity contribution in [1.82, 2.24) is 10.3 Å². The van der Waals surface area contributed by atoms with Crippen molar-refractivity contribution in [3.8, 4) is 0 Å². The van der Waals surface area contributed by atoms with Crippen LogP contribution in [0.2, 0.25) is 0 Å². The number of pyridine rings is 1. The highest BCUT2D eigenvalue weighted by Crippen LogP contribution is 2.31. The van der Waals surface area contributed by atoms with Crippen LogP contribution in [0.25, 0.3) is 0 Å². The van der Waals surface area contributed by atoms with Gasteiger partial charge in [0.05, 0.1) is 0 Å². The molecule has 1 aliphatic carbocycles. The molecule has 1 heterocycles. The van der Waals surface area contributed by atoms with Crippen molar-refractivity contribution in [2.75, 3.05) is 0 Å². The van der Waals surface area contributed by atoms with Gasteiger partial charge in [0, 0.05) is 17.3 Å². The largest absolute Gasteiger partial charge is 0.345 e. The standard InChI is InChI=1S/C17H27N3O/c1-3-10-17(11-5-4-8-14(18)12-17)20-16(21)15-9-6-7-13(2)19-15/h6-7,9,14H,3-5,8,10-12,18H2,1-2H3,(H,20,21). The molecule has 1 aromatic rings. The number of aryl methyl sites for hydroxylation is 1. The fraction of sp³-hybridized carbons (Fsp3) is 0.647. The minimum atomic E-state index is -0.160. The Morgan fingerprint density at radius 3 is 3.00 bits per heavy atom. The van der Waals surface area contributed by atoms with Gasteiger partial charge in [-0.05, 0) is 44.7 Å². The molecule has 116 valence electrons. The predicted octanol–water partition coefficient (Wildman–Crippen LogP) is 2.95. The number of nitrogens with zero attached hydrogens (tertiary/aromatic N) is 1. The van der Waals surface area contributed by atoms with Gasteiger partial charge in [-0.3, -0.25) is 4.79 Å². The summed E-state index contributed by atoms with van der Waals surface area (Å²) in [6.45, 7) is 4.06. The first-order valence-electron chi connectivity index (χ1n) is 8.06. The van der Waals surface area contributed by atoms with E-state index in [2.05, 4.69) is 17.2 Å². The van der Waals surface area contributed by atoms with Crippen LogP contribution in [0.15, 0.2) is 18.2 Å². The molecule has 0 bridgehead atoms. The van der Waals surface area contributed by atoms with Gasteiger partial charge in [0.15, 0.2) is 0 Å². The Morgan fingerprint density at radius 1 is 1.48 bits per heavy atom. The van der Waals surface area contributed by atoms with E-state index in [1.807, 2.05) is 19.1 Å². The first-order chi connectivity index (χ1) is 10.0. The van der Waals surface area contributed by atoms with E-state index in [0.29, 0.717) is 5.69 Å². The minimum absolute atomic E-state index is 0.0683. The van der Waals surface area contributed by atoms with Gasteiger partial charge < -0.3 is 11.1 Å². The second kappa shape index (κ2) is 7.03. The van der Waals surface area contributed by atoms with Crippen molar-refractivity contribution in [3.63, 3.8) is 0 Å². The number of carbonyl (C=O) groups excluding carboxylic acids is 1. The summed E-state index contributed by atoms with van der Waals surface area (Å²) in [4.78, 5) is 16.9. The van der Waals surface area contributed by atoms with E-state index in [-0.39, 0.29) is 17.5 Å². The molecule has 3 N–H and O–H groups in total. The molecule has 1 saturated carbocycles. The molecule has 0 radical (unpaired) electrons. The Hall–Kier alpha value is -1.42. The molecular weight excluding hydrogens is 262 g/mol. The third-order valence-corrected chi connectivity index (χ3v) is 4.36. The Labute approximate surface area is 127 Å². The molecule has 4 nitrogen and oxygen atoms in total. The van der Waals surface area contributed by atoms with Gasteiger partial charge in [0.1, 0.15) is 5.69 Å². The highest BCUT2D eigenvalue weighted by atomic mass is 16.2. The average Bonchev–Trinajstić information content (AvgIpc) is 2.61. The smallest absolute Gasteiger partial charge is 0.270 e. The molecule has 2 unspecified atom stereocenters. The summed E-state index contributed by atoms with van der Waals surface area (Å²) in [6, 6.07) is 5.74. The average molecular weight is 289 g/mol. The summed E-state index contributed by atoms with van der Waals surface area (Å²) >= 11 is 0. The van der Waals surface area contributed by atoms with Crippen LogP contribution in [-0.2, 0) is 0 Å². The zero-order valence-electron chi connectivity index (χ0n) is 13.2. The number of carbonyl (C=O) groups is 1.